The second kappa shape index (κ2) is 9.72. The molecule has 0 aromatic heterocycles. The predicted octanol–water partition coefficient (Wildman–Crippen LogP) is 0.903. The highest BCUT2D eigenvalue weighted by atomic mass is 16.5. The Morgan fingerprint density at radius 3 is 2.30 bits per heavy atom. The number of rotatable bonds is 9. The largest absolute Gasteiger partial charge is 0.497 e. The highest BCUT2D eigenvalue weighted by molar-refractivity contribution is 6.05. The predicted molar refractivity (Wildman–Crippen MR) is 119 cm³/mol. The van der Waals surface area contributed by atoms with Crippen LogP contribution in [0, 0.1) is 0 Å². The van der Waals surface area contributed by atoms with Crippen molar-refractivity contribution in [1.29, 1.82) is 0 Å². The van der Waals surface area contributed by atoms with Crippen molar-refractivity contribution in [2.45, 2.75) is 31.5 Å². The summed E-state index contributed by atoms with van der Waals surface area (Å²) in [7, 11) is 1.58. The van der Waals surface area contributed by atoms with E-state index in [1.807, 2.05) is 12.1 Å². The topological polar surface area (TPSA) is 117 Å². The van der Waals surface area contributed by atoms with Crippen LogP contribution in [0.2, 0.25) is 0 Å². The van der Waals surface area contributed by atoms with E-state index < -0.39 is 17.9 Å². The number of carbonyl (C=O) groups is 4. The number of methoxy groups -OCH3 is 1. The summed E-state index contributed by atoms with van der Waals surface area (Å²) in [4.78, 5) is 51.4. The fourth-order valence-electron chi connectivity index (χ4n) is 3.85. The van der Waals surface area contributed by atoms with E-state index in [-0.39, 0.29) is 30.9 Å². The summed E-state index contributed by atoms with van der Waals surface area (Å²) >= 11 is 0. The van der Waals surface area contributed by atoms with Crippen molar-refractivity contribution < 1.29 is 23.9 Å². The van der Waals surface area contributed by atoms with Crippen molar-refractivity contribution >= 4 is 23.6 Å². The lowest BCUT2D eigenvalue weighted by atomic mass is 10.0. The van der Waals surface area contributed by atoms with Gasteiger partial charge in [-0.3, -0.25) is 19.2 Å². The van der Waals surface area contributed by atoms with Crippen LogP contribution in [0.5, 0.6) is 5.75 Å². The molecule has 1 unspecified atom stereocenters. The first-order valence-electron chi connectivity index (χ1n) is 10.8. The van der Waals surface area contributed by atoms with Crippen LogP contribution in [-0.2, 0) is 20.9 Å². The van der Waals surface area contributed by atoms with Crippen molar-refractivity contribution in [3.63, 3.8) is 0 Å². The molecule has 4 amide bonds. The highest BCUT2D eigenvalue weighted by Gasteiger charge is 2.47. The standard InChI is InChI=1S/C24H26N4O5/c1-33-17-10-6-15(7-11-17)12-25-20(29)13-26-21(30)14-27-23(31)22-18-4-2-3-5-19(18)24(32)28(22)16-8-9-16/h2-7,10-11,16,22H,8-9,12-14H2,1H3,(H,25,29)(H,26,30)(H,27,31). The molecule has 2 aromatic carbocycles. The molecule has 1 saturated carbocycles. The van der Waals surface area contributed by atoms with Crippen LogP contribution >= 0.6 is 0 Å². The summed E-state index contributed by atoms with van der Waals surface area (Å²) in [5.74, 6) is -0.658. The summed E-state index contributed by atoms with van der Waals surface area (Å²) in [6.45, 7) is -0.165. The van der Waals surface area contributed by atoms with Gasteiger partial charge in [-0.25, -0.2) is 0 Å². The van der Waals surface area contributed by atoms with E-state index in [0.29, 0.717) is 17.7 Å². The number of ether oxygens (including phenoxy) is 1. The Bertz CT molecular complexity index is 1060. The Kier molecular flexibility index (Phi) is 6.58. The Balaban J connectivity index is 1.23. The Hall–Kier alpha value is -3.88. The van der Waals surface area contributed by atoms with Crippen LogP contribution in [0.3, 0.4) is 0 Å². The lowest BCUT2D eigenvalue weighted by Crippen LogP contribution is -2.45. The number of hydrogen-bond acceptors (Lipinski definition) is 5. The van der Waals surface area contributed by atoms with E-state index in [1.165, 1.54) is 0 Å². The zero-order valence-electron chi connectivity index (χ0n) is 18.3. The van der Waals surface area contributed by atoms with Crippen LogP contribution in [0.1, 0.15) is 40.4 Å². The molecular weight excluding hydrogens is 424 g/mol. The van der Waals surface area contributed by atoms with E-state index in [1.54, 1.807) is 48.4 Å². The summed E-state index contributed by atoms with van der Waals surface area (Å²) < 4.78 is 5.09. The van der Waals surface area contributed by atoms with E-state index in [9.17, 15) is 19.2 Å². The minimum Gasteiger partial charge on any atom is -0.497 e. The minimum atomic E-state index is -0.734. The van der Waals surface area contributed by atoms with Crippen molar-refractivity contribution in [2.24, 2.45) is 0 Å². The molecule has 0 spiro atoms. The molecule has 1 heterocycles. The first kappa shape index (κ1) is 22.3. The Morgan fingerprint density at radius 1 is 0.939 bits per heavy atom. The first-order valence-corrected chi connectivity index (χ1v) is 10.8. The van der Waals surface area contributed by atoms with Gasteiger partial charge in [-0.2, -0.15) is 0 Å². The van der Waals surface area contributed by atoms with Gasteiger partial charge >= 0.3 is 0 Å². The number of fused-ring (bicyclic) bond motifs is 1. The quantitative estimate of drug-likeness (QED) is 0.525. The molecule has 9 nitrogen and oxygen atoms in total. The summed E-state index contributed by atoms with van der Waals surface area (Å²) in [5.41, 5.74) is 2.09. The van der Waals surface area contributed by atoms with Gasteiger partial charge in [-0.1, -0.05) is 30.3 Å². The molecule has 1 aliphatic carbocycles. The van der Waals surface area contributed by atoms with Crippen LogP contribution in [-0.4, -0.2) is 54.8 Å². The third kappa shape index (κ3) is 5.14. The van der Waals surface area contributed by atoms with Gasteiger partial charge in [0, 0.05) is 18.2 Å². The van der Waals surface area contributed by atoms with Crippen molar-refractivity contribution in [1.82, 2.24) is 20.9 Å². The maximum atomic E-state index is 12.9. The van der Waals surface area contributed by atoms with Crippen molar-refractivity contribution in [3.8, 4) is 5.75 Å². The van der Waals surface area contributed by atoms with E-state index in [2.05, 4.69) is 16.0 Å². The maximum Gasteiger partial charge on any atom is 0.255 e. The molecule has 0 saturated heterocycles. The number of nitrogens with one attached hydrogen (secondary N) is 3. The smallest absolute Gasteiger partial charge is 0.255 e. The van der Waals surface area contributed by atoms with Gasteiger partial charge in [-0.15, -0.1) is 0 Å². The fraction of sp³-hybridized carbons (Fsp3) is 0.333. The number of carbonyl (C=O) groups excluding carboxylic acids is 4. The molecule has 0 radical (unpaired) electrons. The van der Waals surface area contributed by atoms with Crippen LogP contribution in [0.15, 0.2) is 48.5 Å². The molecule has 9 heteroatoms. The first-order chi connectivity index (χ1) is 16.0. The molecule has 33 heavy (non-hydrogen) atoms. The summed E-state index contributed by atoms with van der Waals surface area (Å²) in [5, 5.41) is 7.81. The van der Waals surface area contributed by atoms with E-state index in [4.69, 9.17) is 4.74 Å². The molecule has 2 aromatic rings. The van der Waals surface area contributed by atoms with Gasteiger partial charge in [0.25, 0.3) is 5.91 Å². The van der Waals surface area contributed by atoms with Gasteiger partial charge < -0.3 is 25.6 Å². The van der Waals surface area contributed by atoms with Gasteiger partial charge in [0.2, 0.25) is 17.7 Å². The summed E-state index contributed by atoms with van der Waals surface area (Å²) in [6, 6.07) is 13.7. The monoisotopic (exact) mass is 450 g/mol. The molecule has 0 bridgehead atoms. The maximum absolute atomic E-state index is 12.9. The second-order valence-electron chi connectivity index (χ2n) is 8.05. The number of benzene rings is 2. The van der Waals surface area contributed by atoms with Crippen LogP contribution in [0.4, 0.5) is 0 Å². The van der Waals surface area contributed by atoms with Gasteiger partial charge in [0.15, 0.2) is 0 Å². The Morgan fingerprint density at radius 2 is 1.61 bits per heavy atom. The van der Waals surface area contributed by atoms with Gasteiger partial charge in [0.05, 0.1) is 20.2 Å². The fourth-order valence-corrected chi connectivity index (χ4v) is 3.85. The third-order valence-electron chi connectivity index (χ3n) is 5.71. The molecule has 172 valence electrons. The lowest BCUT2D eigenvalue weighted by Gasteiger charge is -2.24. The van der Waals surface area contributed by atoms with Gasteiger partial charge in [-0.05, 0) is 42.2 Å². The average molecular weight is 450 g/mol. The summed E-state index contributed by atoms with van der Waals surface area (Å²) in [6.07, 6.45) is 1.74. The van der Waals surface area contributed by atoms with Gasteiger partial charge in [0.1, 0.15) is 11.8 Å². The minimum absolute atomic E-state index is 0.0591. The SMILES string of the molecule is COc1ccc(CNC(=O)CNC(=O)CNC(=O)C2c3ccccc3C(=O)N2C2CC2)cc1. The average Bonchev–Trinajstić information content (AvgIpc) is 3.64. The molecule has 4 rings (SSSR count). The molecule has 1 aliphatic heterocycles. The molecule has 1 atom stereocenters. The van der Waals surface area contributed by atoms with E-state index >= 15 is 0 Å². The normalized spacial score (nSPS) is 16.7. The molecular formula is C24H26N4O5. The number of nitrogens with zero attached hydrogens (tertiary/aromatic N) is 1. The number of amides is 4. The van der Waals surface area contributed by atoms with Crippen molar-refractivity contribution in [2.75, 3.05) is 20.2 Å². The van der Waals surface area contributed by atoms with E-state index in [0.717, 1.165) is 24.2 Å². The van der Waals surface area contributed by atoms with Crippen molar-refractivity contribution in [3.05, 3.63) is 65.2 Å². The third-order valence-corrected chi connectivity index (χ3v) is 5.71. The molecule has 3 N–H and O–H groups in total. The highest BCUT2D eigenvalue weighted by Crippen LogP contribution is 2.41. The second-order valence-corrected chi connectivity index (χ2v) is 8.05. The Labute approximate surface area is 191 Å². The molecule has 1 fully saturated rings. The zero-order chi connectivity index (χ0) is 23.4. The van der Waals surface area contributed by atoms with Crippen LogP contribution < -0.4 is 20.7 Å². The molecule has 2 aliphatic rings. The zero-order valence-corrected chi connectivity index (χ0v) is 18.3. The lowest BCUT2D eigenvalue weighted by molar-refractivity contribution is -0.129. The van der Waals surface area contributed by atoms with Crippen LogP contribution in [0.25, 0.3) is 0 Å². The number of hydrogen-bond donors (Lipinski definition) is 3.